The minimum Gasteiger partial charge on any atom is -0.471 e. The predicted molar refractivity (Wildman–Crippen MR) is 134 cm³/mol. The molecule has 33 heavy (non-hydrogen) atoms. The molecule has 176 valence electrons. The van der Waals surface area contributed by atoms with Crippen LogP contribution in [-0.4, -0.2) is 15.7 Å². The van der Waals surface area contributed by atoms with Crippen molar-refractivity contribution in [1.29, 1.82) is 0 Å². The highest BCUT2D eigenvalue weighted by Gasteiger charge is 2.17. The van der Waals surface area contributed by atoms with E-state index in [1.54, 1.807) is 16.9 Å². The molecule has 0 aliphatic carbocycles. The van der Waals surface area contributed by atoms with Gasteiger partial charge < -0.3 is 10.1 Å². The molecule has 0 saturated carbocycles. The van der Waals surface area contributed by atoms with Crippen molar-refractivity contribution in [3.05, 3.63) is 83.2 Å². The number of nitrogens with zero attached hydrogens (tertiary/aromatic N) is 2. The van der Waals surface area contributed by atoms with Crippen LogP contribution in [0.3, 0.4) is 0 Å². The molecular formula is C28H37N3O2. The van der Waals surface area contributed by atoms with Crippen LogP contribution >= 0.6 is 0 Å². The third-order valence-corrected chi connectivity index (χ3v) is 6.19. The van der Waals surface area contributed by atoms with Gasteiger partial charge in [0.25, 0.3) is 5.91 Å². The van der Waals surface area contributed by atoms with Crippen molar-refractivity contribution in [1.82, 2.24) is 15.1 Å². The Kier molecular flexibility index (Phi) is 7.96. The van der Waals surface area contributed by atoms with Crippen LogP contribution in [0.1, 0.15) is 93.5 Å². The second-order valence-corrected chi connectivity index (χ2v) is 9.70. The van der Waals surface area contributed by atoms with Gasteiger partial charge in [0, 0.05) is 6.20 Å². The summed E-state index contributed by atoms with van der Waals surface area (Å²) < 4.78 is 7.47. The number of carbonyl (C=O) groups is 1. The summed E-state index contributed by atoms with van der Waals surface area (Å²) in [6.45, 7) is 13.3. The first-order valence-electron chi connectivity index (χ1n) is 11.9. The number of rotatable bonds is 9. The van der Waals surface area contributed by atoms with Crippen LogP contribution in [0.2, 0.25) is 0 Å². The van der Waals surface area contributed by atoms with Crippen molar-refractivity contribution < 1.29 is 9.53 Å². The molecule has 0 saturated heterocycles. The SMILES string of the molecule is CCC(C)c1ccc(C(CC)NC(=O)c2ccn(COc3ccc(C(C)(C)C)cc3)n2)cc1. The summed E-state index contributed by atoms with van der Waals surface area (Å²) >= 11 is 0. The first kappa shape index (κ1) is 24.6. The first-order chi connectivity index (χ1) is 15.7. The van der Waals surface area contributed by atoms with Crippen molar-refractivity contribution in [2.45, 2.75) is 78.5 Å². The topological polar surface area (TPSA) is 56.2 Å². The molecule has 0 fully saturated rings. The summed E-state index contributed by atoms with van der Waals surface area (Å²) in [4.78, 5) is 12.8. The number of benzene rings is 2. The molecule has 3 rings (SSSR count). The van der Waals surface area contributed by atoms with E-state index in [1.807, 2.05) is 12.1 Å². The van der Waals surface area contributed by atoms with Gasteiger partial charge >= 0.3 is 0 Å². The Morgan fingerprint density at radius 1 is 0.970 bits per heavy atom. The highest BCUT2D eigenvalue weighted by atomic mass is 16.5. The van der Waals surface area contributed by atoms with Gasteiger partial charge in [-0.15, -0.1) is 0 Å². The number of hydrogen-bond donors (Lipinski definition) is 1. The first-order valence-corrected chi connectivity index (χ1v) is 11.9. The Balaban J connectivity index is 1.58. The zero-order chi connectivity index (χ0) is 24.0. The van der Waals surface area contributed by atoms with Crippen molar-refractivity contribution in [3.8, 4) is 5.75 Å². The normalized spacial score (nSPS) is 13.4. The summed E-state index contributed by atoms with van der Waals surface area (Å²) in [7, 11) is 0. The fourth-order valence-electron chi connectivity index (χ4n) is 3.69. The van der Waals surface area contributed by atoms with E-state index >= 15 is 0 Å². The van der Waals surface area contributed by atoms with Gasteiger partial charge in [-0.1, -0.05) is 77.9 Å². The van der Waals surface area contributed by atoms with Crippen LogP contribution in [0.25, 0.3) is 0 Å². The van der Waals surface area contributed by atoms with Gasteiger partial charge in [0.05, 0.1) is 6.04 Å². The van der Waals surface area contributed by atoms with E-state index in [9.17, 15) is 4.79 Å². The lowest BCUT2D eigenvalue weighted by molar-refractivity contribution is 0.0928. The molecule has 1 amide bonds. The third-order valence-electron chi connectivity index (χ3n) is 6.19. The van der Waals surface area contributed by atoms with E-state index in [1.165, 1.54) is 11.1 Å². The van der Waals surface area contributed by atoms with E-state index in [0.717, 1.165) is 24.2 Å². The van der Waals surface area contributed by atoms with E-state index in [4.69, 9.17) is 4.74 Å². The molecule has 0 radical (unpaired) electrons. The molecule has 5 heteroatoms. The van der Waals surface area contributed by atoms with Gasteiger partial charge in [-0.25, -0.2) is 4.68 Å². The van der Waals surface area contributed by atoms with Gasteiger partial charge in [0.2, 0.25) is 0 Å². The van der Waals surface area contributed by atoms with E-state index in [2.05, 4.69) is 88.4 Å². The van der Waals surface area contributed by atoms with Crippen LogP contribution in [0.4, 0.5) is 0 Å². The molecule has 1 aromatic heterocycles. The lowest BCUT2D eigenvalue weighted by atomic mass is 9.87. The quantitative estimate of drug-likeness (QED) is 0.401. The van der Waals surface area contributed by atoms with Gasteiger partial charge in [-0.2, -0.15) is 5.10 Å². The molecule has 0 bridgehead atoms. The summed E-state index contributed by atoms with van der Waals surface area (Å²) in [6, 6.07) is 18.3. The fourth-order valence-corrected chi connectivity index (χ4v) is 3.69. The maximum atomic E-state index is 12.8. The second kappa shape index (κ2) is 10.7. The summed E-state index contributed by atoms with van der Waals surface area (Å²) in [5.74, 6) is 1.13. The van der Waals surface area contributed by atoms with Crippen molar-refractivity contribution in [2.75, 3.05) is 0 Å². The zero-order valence-corrected chi connectivity index (χ0v) is 20.8. The second-order valence-electron chi connectivity index (χ2n) is 9.70. The van der Waals surface area contributed by atoms with Crippen LogP contribution in [0.5, 0.6) is 5.75 Å². The highest BCUT2D eigenvalue weighted by Crippen LogP contribution is 2.25. The minimum absolute atomic E-state index is 0.0498. The zero-order valence-electron chi connectivity index (χ0n) is 20.8. The number of carbonyl (C=O) groups excluding carboxylic acids is 1. The Hall–Kier alpha value is -3.08. The lowest BCUT2D eigenvalue weighted by Crippen LogP contribution is -2.28. The van der Waals surface area contributed by atoms with Crippen LogP contribution in [-0.2, 0) is 12.1 Å². The van der Waals surface area contributed by atoms with Crippen molar-refractivity contribution in [3.63, 3.8) is 0 Å². The monoisotopic (exact) mass is 447 g/mol. The smallest absolute Gasteiger partial charge is 0.272 e. The van der Waals surface area contributed by atoms with Gasteiger partial charge in [0.1, 0.15) is 11.4 Å². The molecule has 2 aromatic carbocycles. The van der Waals surface area contributed by atoms with Crippen LogP contribution in [0.15, 0.2) is 60.8 Å². The lowest BCUT2D eigenvalue weighted by Gasteiger charge is -2.19. The molecule has 2 atom stereocenters. The Morgan fingerprint density at radius 2 is 1.61 bits per heavy atom. The molecule has 2 unspecified atom stereocenters. The maximum Gasteiger partial charge on any atom is 0.272 e. The Morgan fingerprint density at radius 3 is 2.18 bits per heavy atom. The summed E-state index contributed by atoms with van der Waals surface area (Å²) in [6.07, 6.45) is 3.69. The molecule has 0 aliphatic heterocycles. The molecule has 1 heterocycles. The molecule has 5 nitrogen and oxygen atoms in total. The van der Waals surface area contributed by atoms with Crippen molar-refractivity contribution >= 4 is 5.91 Å². The molecule has 1 N–H and O–H groups in total. The summed E-state index contributed by atoms with van der Waals surface area (Å²) in [5, 5.41) is 7.50. The predicted octanol–water partition coefficient (Wildman–Crippen LogP) is 6.61. The van der Waals surface area contributed by atoms with Gasteiger partial charge in [-0.05, 0) is 59.1 Å². The number of amides is 1. The van der Waals surface area contributed by atoms with E-state index in [0.29, 0.717) is 11.6 Å². The van der Waals surface area contributed by atoms with E-state index < -0.39 is 0 Å². The molecule has 0 spiro atoms. The Bertz CT molecular complexity index is 1030. The highest BCUT2D eigenvalue weighted by molar-refractivity contribution is 5.92. The third kappa shape index (κ3) is 6.47. The largest absolute Gasteiger partial charge is 0.471 e. The fraction of sp³-hybridized carbons (Fsp3) is 0.429. The Labute approximate surface area is 198 Å². The van der Waals surface area contributed by atoms with Gasteiger partial charge in [-0.3, -0.25) is 4.79 Å². The average molecular weight is 448 g/mol. The summed E-state index contributed by atoms with van der Waals surface area (Å²) in [5.41, 5.74) is 4.19. The molecule has 3 aromatic rings. The van der Waals surface area contributed by atoms with Crippen LogP contribution < -0.4 is 10.1 Å². The van der Waals surface area contributed by atoms with Crippen molar-refractivity contribution in [2.24, 2.45) is 0 Å². The standard InChI is InChI=1S/C28H37N3O2/c1-7-20(3)21-9-11-22(12-10-21)25(8-2)29-27(32)26-17-18-31(30-26)19-33-24-15-13-23(14-16-24)28(4,5)6/h9-18,20,25H,7-8,19H2,1-6H3,(H,29,32). The number of ether oxygens (including phenoxy) is 1. The number of aromatic nitrogens is 2. The molecule has 0 aliphatic rings. The number of hydrogen-bond acceptors (Lipinski definition) is 3. The molecular weight excluding hydrogens is 410 g/mol. The van der Waals surface area contributed by atoms with E-state index in [-0.39, 0.29) is 24.1 Å². The number of nitrogens with one attached hydrogen (secondary N) is 1. The maximum absolute atomic E-state index is 12.8. The minimum atomic E-state index is -0.180. The van der Waals surface area contributed by atoms with Gasteiger partial charge in [0.15, 0.2) is 6.73 Å². The van der Waals surface area contributed by atoms with Crippen LogP contribution in [0, 0.1) is 0 Å². The average Bonchev–Trinajstić information content (AvgIpc) is 3.29.